The molecule has 5 nitrogen and oxygen atoms in total. The third-order valence-corrected chi connectivity index (χ3v) is 5.67. The zero-order valence-corrected chi connectivity index (χ0v) is 19.8. The molecule has 0 saturated heterocycles. The number of nitrogens with zero attached hydrogens (tertiary/aromatic N) is 2. The first kappa shape index (κ1) is 21.4. The summed E-state index contributed by atoms with van der Waals surface area (Å²) in [4.78, 5) is 16.5. The average molecular weight is 612 g/mol. The molecule has 3 aromatic heterocycles. The van der Waals surface area contributed by atoms with Gasteiger partial charge in [0.2, 0.25) is 0 Å². The van der Waals surface area contributed by atoms with Crippen molar-refractivity contribution >= 4 is 46.4 Å². The van der Waals surface area contributed by atoms with Crippen LogP contribution in [0.15, 0.2) is 66.7 Å². The number of rotatable bonds is 2. The summed E-state index contributed by atoms with van der Waals surface area (Å²) in [5.41, 5.74) is 16.8. The molecule has 0 aliphatic carbocycles. The first-order valence-electron chi connectivity index (χ1n) is 10.6. The van der Waals surface area contributed by atoms with Gasteiger partial charge in [-0.3, -0.25) is 0 Å². The van der Waals surface area contributed by atoms with Crippen molar-refractivity contribution in [2.45, 2.75) is 6.54 Å². The quantitative estimate of drug-likeness (QED) is 0.217. The van der Waals surface area contributed by atoms with E-state index in [-0.39, 0.29) is 22.4 Å². The molecule has 6 rings (SSSR count). The Bertz CT molecular complexity index is 1560. The van der Waals surface area contributed by atoms with Crippen LogP contribution in [-0.2, 0) is 28.9 Å². The van der Waals surface area contributed by atoms with Crippen molar-refractivity contribution in [3.63, 3.8) is 0 Å². The van der Waals surface area contributed by atoms with Crippen LogP contribution >= 0.6 is 0 Å². The van der Waals surface area contributed by atoms with Gasteiger partial charge in [-0.1, -0.05) is 24.3 Å². The minimum atomic E-state index is 0. The summed E-state index contributed by atoms with van der Waals surface area (Å²) < 4.78 is 0. The zero-order chi connectivity index (χ0) is 21.5. The van der Waals surface area contributed by atoms with Gasteiger partial charge in [-0.2, -0.15) is 0 Å². The smallest absolute Gasteiger partial charge is 0.0658 e. The van der Waals surface area contributed by atoms with Crippen LogP contribution in [0.3, 0.4) is 0 Å². The second-order valence-electron chi connectivity index (χ2n) is 7.99. The fraction of sp³-hybridized carbons (Fsp3) is 0.0370. The van der Waals surface area contributed by atoms with Crippen LogP contribution in [0.4, 0.5) is 0 Å². The molecule has 0 saturated carbocycles. The van der Waals surface area contributed by atoms with Crippen molar-refractivity contribution in [2.24, 2.45) is 5.73 Å². The molecule has 2 aliphatic rings. The van der Waals surface area contributed by atoms with Gasteiger partial charge in [0, 0.05) is 56.6 Å². The maximum Gasteiger partial charge on any atom is 0.0658 e. The Kier molecular flexibility index (Phi) is 5.70. The van der Waals surface area contributed by atoms with Crippen LogP contribution in [-0.4, -0.2) is 19.9 Å². The molecule has 8 bridgehead atoms. The van der Waals surface area contributed by atoms with Crippen LogP contribution in [0.5, 0.6) is 0 Å². The molecule has 1 radical (unpaired) electrons. The van der Waals surface area contributed by atoms with Crippen molar-refractivity contribution in [2.75, 3.05) is 0 Å². The maximum atomic E-state index is 5.78. The van der Waals surface area contributed by atoms with Crippen LogP contribution in [0, 0.1) is 0 Å². The van der Waals surface area contributed by atoms with Crippen LogP contribution in [0.1, 0.15) is 28.3 Å². The summed E-state index contributed by atoms with van der Waals surface area (Å²) in [7, 11) is 0. The second kappa shape index (κ2) is 8.81. The third-order valence-electron chi connectivity index (χ3n) is 5.67. The number of H-pyrrole nitrogens is 2. The topological polar surface area (TPSA) is 83.4 Å². The molecule has 1 aromatic carbocycles. The monoisotopic (exact) mass is 612 g/mol. The van der Waals surface area contributed by atoms with Gasteiger partial charge in [0.15, 0.2) is 0 Å². The van der Waals surface area contributed by atoms with Gasteiger partial charge in [-0.25, -0.2) is 9.97 Å². The SMILES string of the molecule is NCc1ccc(-c2cc3cc4nc(cc5ccc(cc6nc(cc2[nH]3)C=C6)[nH]5)C=C4)cc1.[Au]. The first-order valence-corrected chi connectivity index (χ1v) is 10.6. The Morgan fingerprint density at radius 2 is 1.15 bits per heavy atom. The van der Waals surface area contributed by atoms with Crippen molar-refractivity contribution in [3.8, 4) is 11.1 Å². The molecule has 4 aromatic rings. The molecule has 0 unspecified atom stereocenters. The molecule has 0 amide bonds. The summed E-state index contributed by atoms with van der Waals surface area (Å²) in [5.74, 6) is 0. The average Bonchev–Trinajstić information content (AvgIpc) is 3.59. The van der Waals surface area contributed by atoms with E-state index in [2.05, 4.69) is 64.6 Å². The number of nitrogens with one attached hydrogen (secondary N) is 2. The minimum Gasteiger partial charge on any atom is -0.355 e. The molecule has 0 atom stereocenters. The molecular formula is C27H21AuN5. The van der Waals surface area contributed by atoms with E-state index < -0.39 is 0 Å². The number of nitrogens with two attached hydrogens (primary N) is 1. The summed E-state index contributed by atoms with van der Waals surface area (Å²) in [5, 5.41) is 0. The van der Waals surface area contributed by atoms with Crippen LogP contribution in [0.2, 0.25) is 0 Å². The molecular weight excluding hydrogens is 591 g/mol. The summed E-state index contributed by atoms with van der Waals surface area (Å²) in [6.45, 7) is 0.534. The fourth-order valence-corrected chi connectivity index (χ4v) is 4.08. The van der Waals surface area contributed by atoms with E-state index in [1.807, 2.05) is 36.4 Å². The van der Waals surface area contributed by atoms with Gasteiger partial charge in [-0.05, 0) is 77.9 Å². The predicted molar refractivity (Wildman–Crippen MR) is 132 cm³/mol. The maximum absolute atomic E-state index is 5.78. The van der Waals surface area contributed by atoms with Gasteiger partial charge in [0.25, 0.3) is 0 Å². The van der Waals surface area contributed by atoms with Crippen LogP contribution < -0.4 is 5.73 Å². The Balaban J connectivity index is 0.00000228. The van der Waals surface area contributed by atoms with E-state index in [4.69, 9.17) is 15.7 Å². The molecule has 0 spiro atoms. The standard InChI is InChI=1S/C27H21N5.Au/c28-16-17-1-3-18(4-2-17)26-14-25-13-23-8-7-21(30-23)11-19-5-6-20(29-19)12-22-9-10-24(31-22)15-27(26)32-25;/h1-15,29,32H,16,28H2;. The largest absolute Gasteiger partial charge is 0.355 e. The summed E-state index contributed by atoms with van der Waals surface area (Å²) in [6, 6.07) is 22.9. The normalized spacial score (nSPS) is 12.0. The number of aromatic nitrogens is 4. The second-order valence-corrected chi connectivity index (χ2v) is 7.99. The number of hydrogen-bond acceptors (Lipinski definition) is 3. The molecule has 33 heavy (non-hydrogen) atoms. The number of aromatic amines is 2. The van der Waals surface area contributed by atoms with E-state index in [1.54, 1.807) is 0 Å². The van der Waals surface area contributed by atoms with E-state index >= 15 is 0 Å². The predicted octanol–water partition coefficient (Wildman–Crippen LogP) is 5.78. The number of benzene rings is 1. The Hall–Kier alpha value is -3.48. The van der Waals surface area contributed by atoms with E-state index in [0.29, 0.717) is 6.54 Å². The molecule has 6 heteroatoms. The van der Waals surface area contributed by atoms with E-state index in [1.165, 1.54) is 0 Å². The molecule has 2 aliphatic heterocycles. The van der Waals surface area contributed by atoms with Crippen molar-refractivity contribution in [1.29, 1.82) is 0 Å². The number of fused-ring (bicyclic) bond motifs is 8. The Labute approximate surface area is 206 Å². The fourth-order valence-electron chi connectivity index (χ4n) is 4.08. The summed E-state index contributed by atoms with van der Waals surface area (Å²) in [6.07, 6.45) is 8.13. The van der Waals surface area contributed by atoms with E-state index in [0.717, 1.165) is 61.5 Å². The van der Waals surface area contributed by atoms with E-state index in [9.17, 15) is 0 Å². The van der Waals surface area contributed by atoms with Gasteiger partial charge < -0.3 is 15.7 Å². The van der Waals surface area contributed by atoms with Crippen LogP contribution in [0.25, 0.3) is 57.5 Å². The minimum absolute atomic E-state index is 0. The first-order chi connectivity index (χ1) is 15.7. The molecule has 4 N–H and O–H groups in total. The molecule has 165 valence electrons. The van der Waals surface area contributed by atoms with Gasteiger partial charge in [-0.15, -0.1) is 0 Å². The third kappa shape index (κ3) is 4.40. The van der Waals surface area contributed by atoms with Gasteiger partial charge in [0.05, 0.1) is 22.8 Å². The van der Waals surface area contributed by atoms with Crippen molar-refractivity contribution in [1.82, 2.24) is 19.9 Å². The number of hydrogen-bond donors (Lipinski definition) is 3. The summed E-state index contributed by atoms with van der Waals surface area (Å²) >= 11 is 0. The Morgan fingerprint density at radius 1 is 0.606 bits per heavy atom. The van der Waals surface area contributed by atoms with Gasteiger partial charge in [0.1, 0.15) is 0 Å². The molecule has 0 fully saturated rings. The molecule has 5 heterocycles. The van der Waals surface area contributed by atoms with Crippen molar-refractivity contribution in [3.05, 3.63) is 95.1 Å². The van der Waals surface area contributed by atoms with Crippen molar-refractivity contribution < 1.29 is 22.4 Å². The zero-order valence-electron chi connectivity index (χ0n) is 17.6. The Morgan fingerprint density at radius 3 is 1.73 bits per heavy atom. The van der Waals surface area contributed by atoms with Gasteiger partial charge >= 0.3 is 0 Å².